The predicted octanol–water partition coefficient (Wildman–Crippen LogP) is 4.85. The molecule has 0 saturated heterocycles. The molecule has 0 aliphatic carbocycles. The summed E-state index contributed by atoms with van der Waals surface area (Å²) in [6.45, 7) is 0. The lowest BCUT2D eigenvalue weighted by molar-refractivity contribution is -0.381. The smallest absolute Gasteiger partial charge is 0.422 e. The van der Waals surface area contributed by atoms with E-state index in [2.05, 4.69) is 4.98 Å². The van der Waals surface area contributed by atoms with Gasteiger partial charge in [0.2, 0.25) is 5.69 Å². The number of hydrogen-bond acceptors (Lipinski definition) is 1. The molecule has 3 rings (SSSR count). The second kappa shape index (κ2) is 6.35. The number of ether oxygens (including phenoxy) is 1. The molecule has 0 unspecified atom stereocenters. The number of H-pyrrole nitrogens is 1. The summed E-state index contributed by atoms with van der Waals surface area (Å²) in [5, 5.41) is 0.589. The maximum atomic E-state index is 13.3. The standard InChI is InChI=1S/C19H14F3NO/c1-24-14-8-9-15-16(11-14)17(19(20,21)22)12-23-18(15)10-7-13-5-3-2-4-6-13/h2-12H,1H3/p+1. The highest BCUT2D eigenvalue weighted by molar-refractivity contribution is 5.93. The third kappa shape index (κ3) is 3.25. The van der Waals surface area contributed by atoms with Gasteiger partial charge in [0.25, 0.3) is 0 Å². The molecule has 1 aromatic heterocycles. The van der Waals surface area contributed by atoms with Gasteiger partial charge in [-0.15, -0.1) is 0 Å². The van der Waals surface area contributed by atoms with E-state index >= 15 is 0 Å². The van der Waals surface area contributed by atoms with Crippen LogP contribution in [0.1, 0.15) is 16.8 Å². The monoisotopic (exact) mass is 330 g/mol. The van der Waals surface area contributed by atoms with E-state index in [0.717, 1.165) is 11.8 Å². The van der Waals surface area contributed by atoms with E-state index in [4.69, 9.17) is 4.74 Å². The van der Waals surface area contributed by atoms with Crippen LogP contribution in [0.4, 0.5) is 13.2 Å². The van der Waals surface area contributed by atoms with E-state index in [1.54, 1.807) is 18.2 Å². The highest BCUT2D eigenvalue weighted by Gasteiger charge is 2.35. The van der Waals surface area contributed by atoms with E-state index in [1.165, 1.54) is 13.2 Å². The maximum Gasteiger partial charge on any atom is 0.422 e. The van der Waals surface area contributed by atoms with Gasteiger partial charge in [-0.1, -0.05) is 30.3 Å². The van der Waals surface area contributed by atoms with Crippen molar-refractivity contribution >= 4 is 22.9 Å². The van der Waals surface area contributed by atoms with Gasteiger partial charge in [0.1, 0.15) is 11.3 Å². The number of alkyl halides is 3. The Morgan fingerprint density at radius 2 is 1.71 bits per heavy atom. The summed E-state index contributed by atoms with van der Waals surface area (Å²) in [6.07, 6.45) is 0.169. The van der Waals surface area contributed by atoms with Crippen molar-refractivity contribution in [3.05, 3.63) is 71.5 Å². The van der Waals surface area contributed by atoms with Crippen LogP contribution in [0.15, 0.2) is 54.7 Å². The van der Waals surface area contributed by atoms with Gasteiger partial charge in [-0.2, -0.15) is 13.2 Å². The number of fused-ring (bicyclic) bond motifs is 1. The SMILES string of the molecule is COc1ccc2c(C=Cc3ccccc3)[nH+]cc(C(F)(F)F)c2c1. The van der Waals surface area contributed by atoms with Crippen LogP contribution in [0.3, 0.4) is 0 Å². The Hall–Kier alpha value is -2.82. The Kier molecular flexibility index (Phi) is 4.25. The minimum atomic E-state index is -4.44. The normalized spacial score (nSPS) is 12.0. The Bertz CT molecular complexity index is 886. The van der Waals surface area contributed by atoms with Crippen molar-refractivity contribution in [2.45, 2.75) is 6.18 Å². The van der Waals surface area contributed by atoms with E-state index in [0.29, 0.717) is 16.8 Å². The number of aromatic amines is 1. The van der Waals surface area contributed by atoms with Gasteiger partial charge in [-0.05, 0) is 29.8 Å². The largest absolute Gasteiger partial charge is 0.497 e. The molecule has 1 heterocycles. The van der Waals surface area contributed by atoms with Crippen LogP contribution in [0, 0.1) is 0 Å². The minimum absolute atomic E-state index is 0.105. The average molecular weight is 330 g/mol. The molecule has 0 spiro atoms. The van der Waals surface area contributed by atoms with Gasteiger partial charge in [0, 0.05) is 11.5 Å². The molecule has 2 aromatic carbocycles. The van der Waals surface area contributed by atoms with Gasteiger partial charge in [0.05, 0.1) is 12.5 Å². The fourth-order valence-corrected chi connectivity index (χ4v) is 2.53. The van der Waals surface area contributed by atoms with Crippen molar-refractivity contribution in [1.29, 1.82) is 0 Å². The number of hydrogen-bond donors (Lipinski definition) is 0. The second-order valence-corrected chi connectivity index (χ2v) is 5.27. The summed E-state index contributed by atoms with van der Waals surface area (Å²) in [7, 11) is 1.43. The van der Waals surface area contributed by atoms with E-state index in [9.17, 15) is 13.2 Å². The van der Waals surface area contributed by atoms with Crippen molar-refractivity contribution in [3.8, 4) is 5.75 Å². The number of pyridine rings is 1. The van der Waals surface area contributed by atoms with Gasteiger partial charge in [-0.25, -0.2) is 4.98 Å². The lowest BCUT2D eigenvalue weighted by Crippen LogP contribution is -2.15. The second-order valence-electron chi connectivity index (χ2n) is 5.27. The quantitative estimate of drug-likeness (QED) is 0.673. The molecule has 0 atom stereocenters. The Balaban J connectivity index is 2.15. The van der Waals surface area contributed by atoms with Crippen LogP contribution in [-0.2, 0) is 6.18 Å². The summed E-state index contributed by atoms with van der Waals surface area (Å²) in [5.41, 5.74) is 0.852. The lowest BCUT2D eigenvalue weighted by atomic mass is 10.0. The fraction of sp³-hybridized carbons (Fsp3) is 0.105. The van der Waals surface area contributed by atoms with Crippen LogP contribution in [-0.4, -0.2) is 7.11 Å². The molecule has 0 aliphatic heterocycles. The molecule has 3 aromatic rings. The molecule has 0 aliphatic rings. The van der Waals surface area contributed by atoms with E-state index < -0.39 is 11.7 Å². The molecule has 0 fully saturated rings. The third-order valence-corrected chi connectivity index (χ3v) is 3.73. The predicted molar refractivity (Wildman–Crippen MR) is 87.4 cm³/mol. The van der Waals surface area contributed by atoms with Crippen molar-refractivity contribution in [2.24, 2.45) is 0 Å². The van der Waals surface area contributed by atoms with Crippen molar-refractivity contribution < 1.29 is 22.9 Å². The molecule has 0 radical (unpaired) electrons. The molecule has 0 bridgehead atoms. The molecule has 5 heteroatoms. The van der Waals surface area contributed by atoms with Crippen LogP contribution in [0.25, 0.3) is 22.9 Å². The summed E-state index contributed by atoms with van der Waals surface area (Å²) in [4.78, 5) is 2.75. The molecule has 1 N–H and O–H groups in total. The molecular weight excluding hydrogens is 315 g/mol. The summed E-state index contributed by atoms with van der Waals surface area (Å²) in [6, 6.07) is 14.2. The molecule has 24 heavy (non-hydrogen) atoms. The molecule has 0 amide bonds. The van der Waals surface area contributed by atoms with Crippen LogP contribution in [0.5, 0.6) is 5.75 Å². The first kappa shape index (κ1) is 16.1. The zero-order valence-electron chi connectivity index (χ0n) is 12.9. The van der Waals surface area contributed by atoms with Gasteiger partial charge < -0.3 is 4.74 Å². The minimum Gasteiger partial charge on any atom is -0.497 e. The Morgan fingerprint density at radius 1 is 0.958 bits per heavy atom. The van der Waals surface area contributed by atoms with Crippen LogP contribution < -0.4 is 9.72 Å². The average Bonchev–Trinajstić information content (AvgIpc) is 2.59. The van der Waals surface area contributed by atoms with Gasteiger partial charge >= 0.3 is 6.18 Å². The lowest BCUT2D eigenvalue weighted by Gasteiger charge is -2.09. The highest BCUT2D eigenvalue weighted by Crippen LogP contribution is 2.36. The zero-order valence-corrected chi connectivity index (χ0v) is 12.9. The number of methoxy groups -OCH3 is 1. The first-order valence-electron chi connectivity index (χ1n) is 7.32. The van der Waals surface area contributed by atoms with Crippen LogP contribution in [0.2, 0.25) is 0 Å². The number of nitrogens with one attached hydrogen (secondary N) is 1. The highest BCUT2D eigenvalue weighted by atomic mass is 19.4. The van der Waals surface area contributed by atoms with Crippen molar-refractivity contribution in [1.82, 2.24) is 0 Å². The summed E-state index contributed by atoms with van der Waals surface area (Å²) < 4.78 is 44.8. The zero-order chi connectivity index (χ0) is 17.2. The molecule has 2 nitrogen and oxygen atoms in total. The maximum absolute atomic E-state index is 13.3. The Morgan fingerprint density at radius 3 is 2.38 bits per heavy atom. The fourth-order valence-electron chi connectivity index (χ4n) is 2.53. The third-order valence-electron chi connectivity index (χ3n) is 3.73. The van der Waals surface area contributed by atoms with Crippen molar-refractivity contribution in [3.63, 3.8) is 0 Å². The molecule has 122 valence electrons. The first-order valence-corrected chi connectivity index (χ1v) is 7.32. The molecular formula is C19H15F3NO+. The summed E-state index contributed by atoms with van der Waals surface area (Å²) in [5.74, 6) is 0.386. The molecule has 0 saturated carbocycles. The van der Waals surface area contributed by atoms with Gasteiger partial charge in [-0.3, -0.25) is 0 Å². The Labute approximate surface area is 137 Å². The first-order chi connectivity index (χ1) is 11.5. The van der Waals surface area contributed by atoms with E-state index in [-0.39, 0.29) is 5.39 Å². The number of halogens is 3. The van der Waals surface area contributed by atoms with Crippen molar-refractivity contribution in [2.75, 3.05) is 7.11 Å². The number of aromatic nitrogens is 1. The van der Waals surface area contributed by atoms with Crippen LogP contribution >= 0.6 is 0 Å². The van der Waals surface area contributed by atoms with Gasteiger partial charge in [0.15, 0.2) is 6.20 Å². The number of benzene rings is 2. The summed E-state index contributed by atoms with van der Waals surface area (Å²) >= 11 is 0. The topological polar surface area (TPSA) is 23.4 Å². The van der Waals surface area contributed by atoms with E-state index in [1.807, 2.05) is 36.4 Å². The number of rotatable bonds is 3.